The minimum atomic E-state index is -3.53. The molecule has 1 atom stereocenters. The van der Waals surface area contributed by atoms with Gasteiger partial charge in [-0.15, -0.1) is 23.5 Å². The van der Waals surface area contributed by atoms with Crippen molar-refractivity contribution >= 4 is 50.7 Å². The van der Waals surface area contributed by atoms with Gasteiger partial charge < -0.3 is 10.0 Å². The smallest absolute Gasteiger partial charge is 0.313 e. The highest BCUT2D eigenvalue weighted by Crippen LogP contribution is 2.46. The Morgan fingerprint density at radius 2 is 1.91 bits per heavy atom. The molecule has 33 heavy (non-hydrogen) atoms. The fourth-order valence-electron chi connectivity index (χ4n) is 4.48. The van der Waals surface area contributed by atoms with E-state index in [-0.39, 0.29) is 16.9 Å². The SMILES string of the molecule is CCCCC1(CC)CN(c2ccccc2)c2cc(SC)c(CSCC(=O)O)cc2S(=O)(=O)C1. The molecule has 8 heteroatoms. The first-order valence-corrected chi connectivity index (χ1v) is 15.3. The van der Waals surface area contributed by atoms with Gasteiger partial charge in [0.2, 0.25) is 0 Å². The Kier molecular flexibility index (Phi) is 8.81. The third kappa shape index (κ3) is 6.08. The van der Waals surface area contributed by atoms with E-state index in [1.165, 1.54) is 11.8 Å². The molecule has 0 aromatic heterocycles. The summed E-state index contributed by atoms with van der Waals surface area (Å²) in [5.41, 5.74) is 2.26. The van der Waals surface area contributed by atoms with Gasteiger partial charge in [0.1, 0.15) is 0 Å². The minimum absolute atomic E-state index is 0.0102. The third-order valence-electron chi connectivity index (χ3n) is 6.34. The van der Waals surface area contributed by atoms with E-state index in [9.17, 15) is 13.2 Å². The Morgan fingerprint density at radius 3 is 2.52 bits per heavy atom. The van der Waals surface area contributed by atoms with Gasteiger partial charge in [-0.3, -0.25) is 4.79 Å². The van der Waals surface area contributed by atoms with Crippen LogP contribution in [0.3, 0.4) is 0 Å². The fourth-order valence-corrected chi connectivity index (χ4v) is 8.14. The molecule has 1 heterocycles. The van der Waals surface area contributed by atoms with Gasteiger partial charge in [-0.05, 0) is 48.9 Å². The Balaban J connectivity index is 2.18. The zero-order chi connectivity index (χ0) is 24.1. The van der Waals surface area contributed by atoms with Crippen LogP contribution in [0.15, 0.2) is 52.3 Å². The van der Waals surface area contributed by atoms with Crippen LogP contribution in [0, 0.1) is 5.41 Å². The van der Waals surface area contributed by atoms with E-state index in [4.69, 9.17) is 5.11 Å². The summed E-state index contributed by atoms with van der Waals surface area (Å²) in [7, 11) is -3.53. The molecule has 0 spiro atoms. The van der Waals surface area contributed by atoms with E-state index in [0.717, 1.165) is 47.5 Å². The second-order valence-corrected chi connectivity index (χ2v) is 12.4. The van der Waals surface area contributed by atoms with Gasteiger partial charge in [-0.1, -0.05) is 44.9 Å². The number of anilines is 2. The van der Waals surface area contributed by atoms with Crippen molar-refractivity contribution in [2.45, 2.75) is 55.1 Å². The first kappa shape index (κ1) is 26.0. The third-order valence-corrected chi connectivity index (χ3v) is 10.1. The average molecular weight is 508 g/mol. The molecule has 0 aliphatic carbocycles. The van der Waals surface area contributed by atoms with Crippen LogP contribution in [-0.2, 0) is 20.4 Å². The number of carboxylic acid groups (broad SMARTS) is 1. The van der Waals surface area contributed by atoms with Gasteiger partial charge in [-0.2, -0.15) is 0 Å². The molecule has 3 rings (SSSR count). The predicted molar refractivity (Wildman–Crippen MR) is 140 cm³/mol. The Morgan fingerprint density at radius 1 is 1.18 bits per heavy atom. The van der Waals surface area contributed by atoms with Gasteiger partial charge in [0.25, 0.3) is 0 Å². The Labute approximate surface area is 206 Å². The van der Waals surface area contributed by atoms with Crippen LogP contribution in [0.2, 0.25) is 0 Å². The van der Waals surface area contributed by atoms with Crippen molar-refractivity contribution < 1.29 is 18.3 Å². The zero-order valence-corrected chi connectivity index (χ0v) is 22.0. The number of sulfone groups is 1. The molecule has 1 unspecified atom stereocenters. The zero-order valence-electron chi connectivity index (χ0n) is 19.5. The first-order valence-electron chi connectivity index (χ1n) is 11.3. The van der Waals surface area contributed by atoms with E-state index < -0.39 is 15.8 Å². The van der Waals surface area contributed by atoms with E-state index >= 15 is 0 Å². The molecule has 1 N–H and O–H groups in total. The van der Waals surface area contributed by atoms with Crippen LogP contribution >= 0.6 is 23.5 Å². The summed E-state index contributed by atoms with van der Waals surface area (Å²) in [5.74, 6) is -0.283. The molecule has 0 radical (unpaired) electrons. The number of unbranched alkanes of at least 4 members (excludes halogenated alkanes) is 1. The van der Waals surface area contributed by atoms with Crippen LogP contribution in [0.5, 0.6) is 0 Å². The van der Waals surface area contributed by atoms with E-state index in [1.54, 1.807) is 17.8 Å². The van der Waals surface area contributed by atoms with Crippen molar-refractivity contribution in [3.63, 3.8) is 0 Å². The molecule has 5 nitrogen and oxygen atoms in total. The lowest BCUT2D eigenvalue weighted by Crippen LogP contribution is -2.37. The number of hydrogen-bond acceptors (Lipinski definition) is 6. The van der Waals surface area contributed by atoms with Crippen molar-refractivity contribution in [2.24, 2.45) is 5.41 Å². The molecule has 2 aromatic carbocycles. The van der Waals surface area contributed by atoms with Crippen LogP contribution < -0.4 is 4.90 Å². The number of hydrogen-bond donors (Lipinski definition) is 1. The normalized spacial score (nSPS) is 19.7. The highest BCUT2D eigenvalue weighted by atomic mass is 32.2. The average Bonchev–Trinajstić information content (AvgIpc) is 2.90. The highest BCUT2D eigenvalue weighted by Gasteiger charge is 2.41. The summed E-state index contributed by atoms with van der Waals surface area (Å²) < 4.78 is 27.6. The Hall–Kier alpha value is -1.64. The lowest BCUT2D eigenvalue weighted by Gasteiger charge is -2.36. The molecule has 0 fully saturated rings. The van der Waals surface area contributed by atoms with Crippen molar-refractivity contribution in [1.29, 1.82) is 0 Å². The fraction of sp³-hybridized carbons (Fsp3) is 0.480. The standard InChI is InChI=1S/C25H33NO4S3/c1-4-6-12-25(5-2)17-26(20-10-8-7-9-11-20)21-14-22(31-3)19(15-32-16-24(27)28)13-23(21)33(29,30)18-25/h7-11,13-14H,4-6,12,15-18H2,1-3H3,(H,27,28). The maximum Gasteiger partial charge on any atom is 0.313 e. The summed E-state index contributed by atoms with van der Waals surface area (Å²) in [6, 6.07) is 13.8. The number of aliphatic carboxylic acids is 1. The Bertz CT molecular complexity index is 1070. The predicted octanol–water partition coefficient (Wildman–Crippen LogP) is 6.24. The van der Waals surface area contributed by atoms with Gasteiger partial charge in [-0.25, -0.2) is 8.42 Å². The summed E-state index contributed by atoms with van der Waals surface area (Å²) in [6.07, 6.45) is 5.66. The van der Waals surface area contributed by atoms with Crippen molar-refractivity contribution in [3.8, 4) is 0 Å². The van der Waals surface area contributed by atoms with Crippen LogP contribution in [-0.4, -0.2) is 43.8 Å². The number of rotatable bonds is 10. The second-order valence-electron chi connectivity index (χ2n) is 8.66. The van der Waals surface area contributed by atoms with Crippen molar-refractivity contribution in [3.05, 3.63) is 48.0 Å². The highest BCUT2D eigenvalue weighted by molar-refractivity contribution is 7.99. The molecule has 180 valence electrons. The molecule has 2 aromatic rings. The first-order chi connectivity index (χ1) is 15.7. The molecular weight excluding hydrogens is 474 g/mol. The van der Waals surface area contributed by atoms with Crippen LogP contribution in [0.4, 0.5) is 11.4 Å². The molecule has 0 saturated carbocycles. The van der Waals surface area contributed by atoms with Gasteiger partial charge in [0.05, 0.1) is 22.1 Å². The monoisotopic (exact) mass is 507 g/mol. The quantitative estimate of drug-likeness (QED) is 0.382. The number of benzene rings is 2. The maximum atomic E-state index is 13.8. The molecule has 0 amide bonds. The van der Waals surface area contributed by atoms with Crippen LogP contribution in [0.1, 0.15) is 45.1 Å². The van der Waals surface area contributed by atoms with Gasteiger partial charge in [0.15, 0.2) is 9.84 Å². The lowest BCUT2D eigenvalue weighted by molar-refractivity contribution is -0.133. The maximum absolute atomic E-state index is 13.8. The molecule has 0 saturated heterocycles. The number of carboxylic acids is 1. The topological polar surface area (TPSA) is 74.7 Å². The molecule has 0 bridgehead atoms. The number of nitrogens with zero attached hydrogens (tertiary/aromatic N) is 1. The van der Waals surface area contributed by atoms with E-state index in [2.05, 4.69) is 18.7 Å². The lowest BCUT2D eigenvalue weighted by atomic mass is 9.81. The molecular formula is C25H33NO4S3. The minimum Gasteiger partial charge on any atom is -0.481 e. The molecule has 1 aliphatic rings. The molecule has 1 aliphatic heterocycles. The summed E-state index contributed by atoms with van der Waals surface area (Å²) in [5, 5.41) is 9.02. The van der Waals surface area contributed by atoms with Crippen molar-refractivity contribution in [1.82, 2.24) is 0 Å². The van der Waals surface area contributed by atoms with Crippen LogP contribution in [0.25, 0.3) is 0 Å². The van der Waals surface area contributed by atoms with Crippen molar-refractivity contribution in [2.75, 3.05) is 29.2 Å². The number of thioether (sulfide) groups is 2. The van der Waals surface area contributed by atoms with E-state index in [0.29, 0.717) is 17.2 Å². The summed E-state index contributed by atoms with van der Waals surface area (Å²) >= 11 is 2.86. The number of carbonyl (C=O) groups is 1. The summed E-state index contributed by atoms with van der Waals surface area (Å²) in [4.78, 5) is 14.5. The second kappa shape index (κ2) is 11.2. The number of para-hydroxylation sites is 1. The largest absolute Gasteiger partial charge is 0.481 e. The number of fused-ring (bicyclic) bond motifs is 1. The van der Waals surface area contributed by atoms with Gasteiger partial charge in [0, 0.05) is 28.3 Å². The summed E-state index contributed by atoms with van der Waals surface area (Å²) in [6.45, 7) is 4.90. The van der Waals surface area contributed by atoms with Gasteiger partial charge >= 0.3 is 5.97 Å². The van der Waals surface area contributed by atoms with E-state index in [1.807, 2.05) is 42.7 Å².